The van der Waals surface area contributed by atoms with Crippen molar-refractivity contribution >= 4 is 11.6 Å². The molecule has 1 amide bonds. The van der Waals surface area contributed by atoms with Crippen molar-refractivity contribution in [3.8, 4) is 0 Å². The van der Waals surface area contributed by atoms with Crippen molar-refractivity contribution in [1.82, 2.24) is 15.3 Å². The molecule has 7 heteroatoms. The van der Waals surface area contributed by atoms with Gasteiger partial charge in [-0.2, -0.15) is 0 Å². The molecule has 0 radical (unpaired) electrons. The fourth-order valence-electron chi connectivity index (χ4n) is 1.63. The van der Waals surface area contributed by atoms with E-state index in [0.717, 1.165) is 12.1 Å². The van der Waals surface area contributed by atoms with E-state index >= 15 is 0 Å². The van der Waals surface area contributed by atoms with Crippen LogP contribution in [0.15, 0.2) is 24.5 Å². The van der Waals surface area contributed by atoms with Gasteiger partial charge in [-0.1, -0.05) is 0 Å². The Hall–Kier alpha value is -2.44. The molecule has 0 saturated heterocycles. The van der Waals surface area contributed by atoms with E-state index in [1.54, 1.807) is 13.1 Å². The third kappa shape index (κ3) is 2.54. The van der Waals surface area contributed by atoms with Gasteiger partial charge in [0.15, 0.2) is 5.82 Å². The summed E-state index contributed by atoms with van der Waals surface area (Å²) in [5.41, 5.74) is 4.34. The maximum Gasteiger partial charge on any atom is 0.257 e. The molecule has 100 valence electrons. The number of rotatable bonds is 3. The lowest BCUT2D eigenvalue weighted by atomic mass is 10.1. The Balaban J connectivity index is 2.23. The quantitative estimate of drug-likeness (QED) is 0.740. The highest BCUT2D eigenvalue weighted by atomic mass is 19.1. The van der Waals surface area contributed by atoms with E-state index in [2.05, 4.69) is 15.3 Å². The third-order valence-electron chi connectivity index (χ3n) is 2.63. The van der Waals surface area contributed by atoms with E-state index in [9.17, 15) is 13.6 Å². The maximum atomic E-state index is 13.7. The number of imidazole rings is 1. The number of aromatic nitrogens is 2. The Morgan fingerprint density at radius 3 is 2.84 bits per heavy atom. The number of aromatic amines is 1. The summed E-state index contributed by atoms with van der Waals surface area (Å²) < 4.78 is 27.2. The molecule has 1 atom stereocenters. The van der Waals surface area contributed by atoms with Gasteiger partial charge in [-0.15, -0.1) is 0 Å². The average molecular weight is 266 g/mol. The number of hydrogen-bond acceptors (Lipinski definition) is 3. The van der Waals surface area contributed by atoms with Gasteiger partial charge in [0.1, 0.15) is 17.2 Å². The molecule has 1 aromatic heterocycles. The van der Waals surface area contributed by atoms with E-state index < -0.39 is 29.1 Å². The number of amides is 1. The van der Waals surface area contributed by atoms with Crippen LogP contribution in [-0.2, 0) is 0 Å². The first-order valence-corrected chi connectivity index (χ1v) is 5.54. The summed E-state index contributed by atoms with van der Waals surface area (Å²) >= 11 is 0. The molecule has 0 aliphatic carbocycles. The van der Waals surface area contributed by atoms with Crippen LogP contribution in [0.5, 0.6) is 0 Å². The van der Waals surface area contributed by atoms with Crippen LogP contribution in [-0.4, -0.2) is 15.9 Å². The second kappa shape index (κ2) is 5.05. The molecular formula is C12H12F2N4O. The predicted molar refractivity (Wildman–Crippen MR) is 65.2 cm³/mol. The number of hydrogen-bond donors (Lipinski definition) is 3. The van der Waals surface area contributed by atoms with Crippen LogP contribution in [0.1, 0.15) is 29.1 Å². The minimum atomic E-state index is -1.07. The van der Waals surface area contributed by atoms with Crippen LogP contribution in [0.2, 0.25) is 0 Å². The Morgan fingerprint density at radius 1 is 1.47 bits per heavy atom. The summed E-state index contributed by atoms with van der Waals surface area (Å²) in [6.07, 6.45) is 3.10. The number of benzene rings is 1. The van der Waals surface area contributed by atoms with Crippen LogP contribution in [0.25, 0.3) is 0 Å². The van der Waals surface area contributed by atoms with Crippen molar-refractivity contribution in [3.63, 3.8) is 0 Å². The second-order valence-electron chi connectivity index (χ2n) is 4.00. The first kappa shape index (κ1) is 13.0. The number of carbonyl (C=O) groups excluding carboxylic acids is 1. The zero-order valence-electron chi connectivity index (χ0n) is 10.1. The van der Waals surface area contributed by atoms with Gasteiger partial charge >= 0.3 is 0 Å². The maximum absolute atomic E-state index is 13.7. The molecule has 2 aromatic rings. The van der Waals surface area contributed by atoms with Gasteiger partial charge in [-0.3, -0.25) is 4.79 Å². The van der Waals surface area contributed by atoms with Gasteiger partial charge in [0, 0.05) is 12.4 Å². The number of nitrogens with zero attached hydrogens (tertiary/aromatic N) is 1. The topological polar surface area (TPSA) is 83.8 Å². The van der Waals surface area contributed by atoms with Gasteiger partial charge in [0.2, 0.25) is 0 Å². The summed E-state index contributed by atoms with van der Waals surface area (Å²) in [6, 6.07) is 1.50. The molecule has 0 saturated carbocycles. The van der Waals surface area contributed by atoms with Crippen molar-refractivity contribution in [2.75, 3.05) is 5.73 Å². The first-order chi connectivity index (χ1) is 9.00. The largest absolute Gasteiger partial charge is 0.396 e. The van der Waals surface area contributed by atoms with Crippen LogP contribution in [0, 0.1) is 11.6 Å². The van der Waals surface area contributed by atoms with E-state index in [0.29, 0.717) is 5.82 Å². The summed E-state index contributed by atoms with van der Waals surface area (Å²) in [5, 5.41) is 2.44. The van der Waals surface area contributed by atoms with Crippen molar-refractivity contribution < 1.29 is 13.6 Å². The highest BCUT2D eigenvalue weighted by Crippen LogP contribution is 2.19. The molecule has 2 rings (SSSR count). The monoisotopic (exact) mass is 266 g/mol. The highest BCUT2D eigenvalue weighted by molar-refractivity contribution is 5.95. The zero-order valence-corrected chi connectivity index (χ0v) is 10.1. The van der Waals surface area contributed by atoms with Crippen LogP contribution in [0.4, 0.5) is 14.5 Å². The molecule has 0 bridgehead atoms. The van der Waals surface area contributed by atoms with Gasteiger partial charge in [-0.25, -0.2) is 13.8 Å². The van der Waals surface area contributed by atoms with E-state index in [1.165, 1.54) is 6.20 Å². The fraction of sp³-hybridized carbons (Fsp3) is 0.167. The number of carbonyl (C=O) groups is 1. The number of anilines is 1. The lowest BCUT2D eigenvalue weighted by Gasteiger charge is -2.13. The summed E-state index contributed by atoms with van der Waals surface area (Å²) in [7, 11) is 0. The third-order valence-corrected chi connectivity index (χ3v) is 2.63. The molecule has 5 nitrogen and oxygen atoms in total. The zero-order chi connectivity index (χ0) is 14.0. The summed E-state index contributed by atoms with van der Waals surface area (Å²) in [5.74, 6) is -2.43. The molecule has 1 aromatic carbocycles. The molecule has 0 aliphatic heterocycles. The molecular weight excluding hydrogens is 254 g/mol. The molecule has 1 unspecified atom stereocenters. The van der Waals surface area contributed by atoms with Gasteiger partial charge in [-0.05, 0) is 19.1 Å². The minimum Gasteiger partial charge on any atom is -0.396 e. The number of nitrogen functional groups attached to an aromatic ring is 1. The first-order valence-electron chi connectivity index (χ1n) is 5.54. The van der Waals surface area contributed by atoms with Gasteiger partial charge in [0.05, 0.1) is 11.7 Å². The van der Waals surface area contributed by atoms with Gasteiger partial charge < -0.3 is 16.0 Å². The van der Waals surface area contributed by atoms with Crippen LogP contribution < -0.4 is 11.1 Å². The Morgan fingerprint density at radius 2 is 2.21 bits per heavy atom. The van der Waals surface area contributed by atoms with Crippen molar-refractivity contribution in [3.05, 3.63) is 47.5 Å². The predicted octanol–water partition coefficient (Wildman–Crippen LogP) is 1.76. The van der Waals surface area contributed by atoms with Gasteiger partial charge in [0.25, 0.3) is 5.91 Å². The van der Waals surface area contributed by atoms with Crippen molar-refractivity contribution in [2.45, 2.75) is 13.0 Å². The van der Waals surface area contributed by atoms with Crippen molar-refractivity contribution in [2.24, 2.45) is 0 Å². The van der Waals surface area contributed by atoms with Crippen molar-refractivity contribution in [1.29, 1.82) is 0 Å². The summed E-state index contributed by atoms with van der Waals surface area (Å²) in [4.78, 5) is 18.6. The molecule has 1 heterocycles. The van der Waals surface area contributed by atoms with Crippen LogP contribution in [0.3, 0.4) is 0 Å². The minimum absolute atomic E-state index is 0.280. The van der Waals surface area contributed by atoms with E-state index in [4.69, 9.17) is 5.73 Å². The number of H-pyrrole nitrogens is 1. The lowest BCUT2D eigenvalue weighted by Crippen LogP contribution is -2.29. The standard InChI is InChI=1S/C12H12F2N4O/c1-6(11-16-4-5-17-11)18-12(19)9-7(13)2-3-8(15)10(9)14/h2-6H,15H2,1H3,(H,16,17)(H,18,19). The second-order valence-corrected chi connectivity index (χ2v) is 4.00. The normalized spacial score (nSPS) is 12.2. The Bertz CT molecular complexity index is 598. The van der Waals surface area contributed by atoms with E-state index in [1.807, 2.05) is 0 Å². The van der Waals surface area contributed by atoms with Crippen LogP contribution >= 0.6 is 0 Å². The number of halogens is 2. The Kier molecular flexibility index (Phi) is 3.46. The smallest absolute Gasteiger partial charge is 0.257 e. The molecule has 0 spiro atoms. The molecule has 0 fully saturated rings. The Labute approximate surface area is 107 Å². The highest BCUT2D eigenvalue weighted by Gasteiger charge is 2.21. The summed E-state index contributed by atoms with van der Waals surface area (Å²) in [6.45, 7) is 1.64. The fourth-order valence-corrected chi connectivity index (χ4v) is 1.63. The molecule has 19 heavy (non-hydrogen) atoms. The molecule has 0 aliphatic rings. The number of nitrogens with two attached hydrogens (primary N) is 1. The molecule has 4 N–H and O–H groups in total. The number of nitrogens with one attached hydrogen (secondary N) is 2. The van der Waals surface area contributed by atoms with E-state index in [-0.39, 0.29) is 5.69 Å². The SMILES string of the molecule is CC(NC(=O)c1c(F)ccc(N)c1F)c1ncc[nH]1. The lowest BCUT2D eigenvalue weighted by molar-refractivity contribution is 0.0930. The average Bonchev–Trinajstić information content (AvgIpc) is 2.88.